The fraction of sp³-hybridized carbons (Fsp3) is 0.294. The third-order valence-electron chi connectivity index (χ3n) is 3.40. The minimum atomic E-state index is 0.294. The van der Waals surface area contributed by atoms with Crippen LogP contribution in [0.3, 0.4) is 0 Å². The summed E-state index contributed by atoms with van der Waals surface area (Å²) >= 11 is 6.02. The lowest BCUT2D eigenvalue weighted by Crippen LogP contribution is -2.24. The zero-order valence-electron chi connectivity index (χ0n) is 11.8. The van der Waals surface area contributed by atoms with Crippen LogP contribution in [0.5, 0.6) is 0 Å². The van der Waals surface area contributed by atoms with Gasteiger partial charge in [0.25, 0.3) is 0 Å². The Kier molecular flexibility index (Phi) is 5.69. The van der Waals surface area contributed by atoms with Crippen molar-refractivity contribution in [3.63, 3.8) is 0 Å². The van der Waals surface area contributed by atoms with E-state index in [4.69, 9.17) is 19.4 Å². The van der Waals surface area contributed by atoms with Crippen molar-refractivity contribution < 1.29 is 0 Å². The Hall–Kier alpha value is -1.25. The average molecular weight is 284 g/mol. The summed E-state index contributed by atoms with van der Waals surface area (Å²) in [6, 6.07) is 16.4. The van der Waals surface area contributed by atoms with Crippen molar-refractivity contribution in [3.8, 4) is 0 Å². The maximum atomic E-state index is 6.02. The molecule has 1 nitrogen and oxygen atoms in total. The van der Waals surface area contributed by atoms with Gasteiger partial charge in [0.15, 0.2) is 0 Å². The number of nitrogens with one attached hydrogen (secondary N) is 1. The Balaban J connectivity index is 2.28. The molecule has 0 spiro atoms. The minimum Gasteiger partial charge on any atom is -0.316 e. The van der Waals surface area contributed by atoms with E-state index in [1.54, 1.807) is 0 Å². The normalized spacial score (nSPS) is 12.3. The first-order valence-corrected chi connectivity index (χ1v) is 7.40. The molecule has 1 unspecified atom stereocenters. The molecule has 102 valence electrons. The van der Waals surface area contributed by atoms with E-state index < -0.39 is 0 Å². The van der Waals surface area contributed by atoms with E-state index >= 15 is 0 Å². The maximum Gasteiger partial charge on any atom is 0.115 e. The summed E-state index contributed by atoms with van der Waals surface area (Å²) in [5.41, 5.74) is 3.13. The van der Waals surface area contributed by atoms with Crippen LogP contribution in [0.15, 0.2) is 48.5 Å². The molecule has 0 aliphatic carbocycles. The topological polar surface area (TPSA) is 12.0 Å². The summed E-state index contributed by atoms with van der Waals surface area (Å²) in [4.78, 5) is 0. The predicted molar refractivity (Wildman–Crippen MR) is 88.3 cm³/mol. The highest BCUT2D eigenvalue weighted by atomic mass is 35.5. The van der Waals surface area contributed by atoms with Crippen LogP contribution in [-0.4, -0.2) is 20.9 Å². The van der Waals surface area contributed by atoms with Gasteiger partial charge in [0.2, 0.25) is 0 Å². The van der Waals surface area contributed by atoms with E-state index in [1.165, 1.54) is 11.1 Å². The Labute approximate surface area is 127 Å². The molecule has 20 heavy (non-hydrogen) atoms. The number of hydrogen-bond acceptors (Lipinski definition) is 1. The molecule has 3 heteroatoms. The fourth-order valence-electron chi connectivity index (χ4n) is 2.32. The molecule has 1 atom stereocenters. The van der Waals surface area contributed by atoms with E-state index in [0.717, 1.165) is 19.5 Å². The summed E-state index contributed by atoms with van der Waals surface area (Å²) in [7, 11) is 5.94. The number of rotatable bonds is 6. The Morgan fingerprint density at radius 3 is 2.50 bits per heavy atom. The molecule has 0 aromatic heterocycles. The van der Waals surface area contributed by atoms with Crippen LogP contribution in [0.2, 0.25) is 5.02 Å². The van der Waals surface area contributed by atoms with Gasteiger partial charge in [-0.15, -0.1) is 0 Å². The first-order valence-electron chi connectivity index (χ1n) is 7.03. The van der Waals surface area contributed by atoms with E-state index in [0.29, 0.717) is 16.4 Å². The van der Waals surface area contributed by atoms with Crippen LogP contribution in [0, 0.1) is 0 Å². The van der Waals surface area contributed by atoms with Crippen LogP contribution in [-0.2, 0) is 0 Å². The lowest BCUT2D eigenvalue weighted by Gasteiger charge is -2.19. The van der Waals surface area contributed by atoms with Crippen molar-refractivity contribution in [1.29, 1.82) is 0 Å². The fourth-order valence-corrected chi connectivity index (χ4v) is 2.43. The van der Waals surface area contributed by atoms with Crippen molar-refractivity contribution in [3.05, 3.63) is 64.7 Å². The molecule has 0 heterocycles. The zero-order chi connectivity index (χ0) is 14.4. The van der Waals surface area contributed by atoms with Crippen LogP contribution < -0.4 is 10.8 Å². The summed E-state index contributed by atoms with van der Waals surface area (Å²) in [6.07, 6.45) is 1.13. The van der Waals surface area contributed by atoms with Gasteiger partial charge in [-0.05, 0) is 30.2 Å². The van der Waals surface area contributed by atoms with Gasteiger partial charge in [-0.25, -0.2) is 0 Å². The lowest BCUT2D eigenvalue weighted by atomic mass is 9.86. The highest BCUT2D eigenvalue weighted by Gasteiger charge is 2.14. The van der Waals surface area contributed by atoms with Crippen molar-refractivity contribution in [1.82, 2.24) is 5.32 Å². The molecule has 0 aliphatic rings. The van der Waals surface area contributed by atoms with Crippen LogP contribution in [0.25, 0.3) is 0 Å². The number of halogens is 1. The highest BCUT2D eigenvalue weighted by molar-refractivity contribution is 6.45. The van der Waals surface area contributed by atoms with Gasteiger partial charge in [-0.2, -0.15) is 0 Å². The molecular formula is C17H19BClN. The van der Waals surface area contributed by atoms with Crippen molar-refractivity contribution in [2.45, 2.75) is 19.3 Å². The second-order valence-corrected chi connectivity index (χ2v) is 5.36. The van der Waals surface area contributed by atoms with Crippen LogP contribution in [0.1, 0.15) is 30.4 Å². The minimum absolute atomic E-state index is 0.294. The van der Waals surface area contributed by atoms with E-state index in [2.05, 4.69) is 42.6 Å². The zero-order valence-corrected chi connectivity index (χ0v) is 12.5. The van der Waals surface area contributed by atoms with Crippen molar-refractivity contribution >= 4 is 24.9 Å². The SMILES string of the molecule is [B]c1cc(C(CNCCC)c2ccccc2)ccc1Cl. The maximum absolute atomic E-state index is 6.02. The first-order chi connectivity index (χ1) is 9.72. The van der Waals surface area contributed by atoms with Gasteiger partial charge >= 0.3 is 0 Å². The molecule has 0 saturated carbocycles. The van der Waals surface area contributed by atoms with E-state index in [1.807, 2.05) is 18.2 Å². The van der Waals surface area contributed by atoms with E-state index in [-0.39, 0.29) is 0 Å². The Bertz CT molecular complexity index is 542. The van der Waals surface area contributed by atoms with Gasteiger partial charge < -0.3 is 5.32 Å². The summed E-state index contributed by atoms with van der Waals surface area (Å²) in [6.45, 7) is 4.09. The van der Waals surface area contributed by atoms with Crippen molar-refractivity contribution in [2.24, 2.45) is 0 Å². The largest absolute Gasteiger partial charge is 0.316 e. The summed E-state index contributed by atoms with van der Waals surface area (Å²) < 4.78 is 0. The summed E-state index contributed by atoms with van der Waals surface area (Å²) in [5, 5.41) is 4.11. The standard InChI is InChI=1S/C17H19BClN/c1-2-10-20-12-15(13-6-4-3-5-7-13)14-8-9-17(19)16(18)11-14/h3-9,11,15,20H,2,10,12H2,1H3. The number of hydrogen-bond donors (Lipinski definition) is 1. The molecule has 0 bridgehead atoms. The summed E-state index contributed by atoms with van der Waals surface area (Å²) in [5.74, 6) is 0.294. The quantitative estimate of drug-likeness (QED) is 0.634. The molecule has 0 amide bonds. The smallest absolute Gasteiger partial charge is 0.115 e. The monoisotopic (exact) mass is 283 g/mol. The van der Waals surface area contributed by atoms with Gasteiger partial charge in [0.1, 0.15) is 7.85 Å². The third-order valence-corrected chi connectivity index (χ3v) is 3.74. The number of benzene rings is 2. The van der Waals surface area contributed by atoms with Crippen LogP contribution >= 0.6 is 11.6 Å². The molecule has 0 saturated heterocycles. The van der Waals surface area contributed by atoms with Crippen molar-refractivity contribution in [2.75, 3.05) is 13.1 Å². The molecule has 1 N–H and O–H groups in total. The Morgan fingerprint density at radius 1 is 1.10 bits per heavy atom. The second-order valence-electron chi connectivity index (χ2n) is 4.95. The van der Waals surface area contributed by atoms with Gasteiger partial charge in [-0.3, -0.25) is 0 Å². The molecule has 2 aromatic rings. The average Bonchev–Trinajstić information content (AvgIpc) is 2.48. The molecule has 0 aliphatic heterocycles. The lowest BCUT2D eigenvalue weighted by molar-refractivity contribution is 0.628. The highest BCUT2D eigenvalue weighted by Crippen LogP contribution is 2.24. The molecular weight excluding hydrogens is 264 g/mol. The Morgan fingerprint density at radius 2 is 1.85 bits per heavy atom. The second kappa shape index (κ2) is 7.51. The first kappa shape index (κ1) is 15.1. The van der Waals surface area contributed by atoms with E-state index in [9.17, 15) is 0 Å². The molecule has 2 radical (unpaired) electrons. The molecule has 2 aromatic carbocycles. The molecule has 0 fully saturated rings. The van der Waals surface area contributed by atoms with Crippen LogP contribution in [0.4, 0.5) is 0 Å². The third kappa shape index (κ3) is 3.88. The van der Waals surface area contributed by atoms with Gasteiger partial charge in [0, 0.05) is 17.5 Å². The molecule has 2 rings (SSSR count). The predicted octanol–water partition coefficient (Wildman–Crippen LogP) is 3.27. The van der Waals surface area contributed by atoms with Gasteiger partial charge in [-0.1, -0.05) is 66.5 Å². The van der Waals surface area contributed by atoms with Gasteiger partial charge in [0.05, 0.1) is 0 Å².